The maximum atomic E-state index is 8.88. The van der Waals surface area contributed by atoms with Gasteiger partial charge in [-0.05, 0) is 75.1 Å². The van der Waals surface area contributed by atoms with Crippen LogP contribution in [0, 0.1) is 17.2 Å². The Kier molecular flexibility index (Phi) is 6.75. The molecule has 172 valence electrons. The van der Waals surface area contributed by atoms with Gasteiger partial charge in [0.05, 0.1) is 18.0 Å². The number of thiophene rings is 1. The fraction of sp³-hybridized carbons (Fsp3) is 0.500. The predicted octanol–water partition coefficient (Wildman–Crippen LogP) is 5.13. The summed E-state index contributed by atoms with van der Waals surface area (Å²) in [5, 5.41) is 15.9. The zero-order valence-corrected chi connectivity index (χ0v) is 20.1. The van der Waals surface area contributed by atoms with Crippen molar-refractivity contribution in [1.29, 1.82) is 5.26 Å². The lowest BCUT2D eigenvalue weighted by Crippen LogP contribution is -2.52. The van der Waals surface area contributed by atoms with Crippen LogP contribution in [0.3, 0.4) is 0 Å². The molecule has 1 N–H and O–H groups in total. The number of aromatic nitrogens is 2. The topological polar surface area (TPSA) is 68.1 Å². The first-order valence-electron chi connectivity index (χ1n) is 12.1. The molecule has 3 heterocycles. The number of nitrogens with one attached hydrogen (secondary N) is 1. The van der Waals surface area contributed by atoms with E-state index >= 15 is 0 Å². The molecule has 1 atom stereocenters. The number of nitrogens with zero attached hydrogens (tertiary/aromatic N) is 5. The number of nitriles is 1. The Morgan fingerprint density at radius 2 is 1.94 bits per heavy atom. The average Bonchev–Trinajstić information content (AvgIpc) is 3.34. The highest BCUT2D eigenvalue weighted by atomic mass is 32.1. The van der Waals surface area contributed by atoms with Crippen molar-refractivity contribution in [1.82, 2.24) is 14.9 Å². The molecule has 2 fully saturated rings. The van der Waals surface area contributed by atoms with E-state index < -0.39 is 0 Å². The smallest absolute Gasteiger partial charge is 0.222 e. The standard InChI is InChI=1S/C26H32N6S/c1-19-18-32(24-3-2-4-25-23(24)10-14-33-25)13-12-31(19)11-9-20-5-7-22(8-6-20)30-26-28-16-21(15-27)17-29-26/h2-4,10,14,16-17,19-20,22H,5-9,11-13,18H2,1H3,(H,28,29,30)/t19-,20-,22-/m1/s1. The van der Waals surface area contributed by atoms with Gasteiger partial charge < -0.3 is 10.2 Å². The van der Waals surface area contributed by atoms with Crippen LogP contribution in [0.25, 0.3) is 10.1 Å². The number of hydrogen-bond acceptors (Lipinski definition) is 7. The average molecular weight is 461 g/mol. The third-order valence-electron chi connectivity index (χ3n) is 7.36. The van der Waals surface area contributed by atoms with Crippen LogP contribution in [0.15, 0.2) is 42.0 Å². The van der Waals surface area contributed by atoms with Gasteiger partial charge in [-0.1, -0.05) is 6.07 Å². The van der Waals surface area contributed by atoms with Gasteiger partial charge in [-0.15, -0.1) is 11.3 Å². The van der Waals surface area contributed by atoms with Crippen LogP contribution in [0.2, 0.25) is 0 Å². The summed E-state index contributed by atoms with van der Waals surface area (Å²) >= 11 is 1.83. The molecule has 1 saturated heterocycles. The van der Waals surface area contributed by atoms with Crippen LogP contribution < -0.4 is 10.2 Å². The maximum absolute atomic E-state index is 8.88. The molecule has 0 bridgehead atoms. The molecule has 1 aliphatic heterocycles. The lowest BCUT2D eigenvalue weighted by Gasteiger charge is -2.42. The highest BCUT2D eigenvalue weighted by molar-refractivity contribution is 7.17. The molecule has 6 nitrogen and oxygen atoms in total. The number of piperazine rings is 1. The molecule has 0 spiro atoms. The van der Waals surface area contributed by atoms with Crippen molar-refractivity contribution in [2.75, 3.05) is 36.4 Å². The maximum Gasteiger partial charge on any atom is 0.222 e. The van der Waals surface area contributed by atoms with E-state index in [2.05, 4.69) is 67.7 Å². The van der Waals surface area contributed by atoms with Crippen LogP contribution in [-0.4, -0.2) is 53.1 Å². The minimum Gasteiger partial charge on any atom is -0.368 e. The van der Waals surface area contributed by atoms with Gasteiger partial charge in [0, 0.05) is 47.5 Å². The van der Waals surface area contributed by atoms with E-state index in [0.717, 1.165) is 25.6 Å². The zero-order valence-electron chi connectivity index (χ0n) is 19.3. The summed E-state index contributed by atoms with van der Waals surface area (Å²) in [4.78, 5) is 13.8. The van der Waals surface area contributed by atoms with E-state index in [-0.39, 0.29) is 0 Å². The summed E-state index contributed by atoms with van der Waals surface area (Å²) in [6, 6.07) is 12.1. The van der Waals surface area contributed by atoms with Gasteiger partial charge in [-0.2, -0.15) is 5.26 Å². The molecule has 2 aromatic heterocycles. The highest BCUT2D eigenvalue weighted by Gasteiger charge is 2.27. The molecule has 33 heavy (non-hydrogen) atoms. The van der Waals surface area contributed by atoms with Crippen molar-refractivity contribution in [3.8, 4) is 6.07 Å². The normalized spacial score (nSPS) is 24.0. The summed E-state index contributed by atoms with van der Waals surface area (Å²) in [7, 11) is 0. The predicted molar refractivity (Wildman–Crippen MR) is 136 cm³/mol. The van der Waals surface area contributed by atoms with Gasteiger partial charge in [-0.25, -0.2) is 9.97 Å². The second kappa shape index (κ2) is 10.1. The Morgan fingerprint density at radius 3 is 2.70 bits per heavy atom. The summed E-state index contributed by atoms with van der Waals surface area (Å²) in [5.41, 5.74) is 1.90. The van der Waals surface area contributed by atoms with Gasteiger partial charge in [0.1, 0.15) is 6.07 Å². The minimum absolute atomic E-state index is 0.441. The summed E-state index contributed by atoms with van der Waals surface area (Å²) < 4.78 is 1.39. The van der Waals surface area contributed by atoms with E-state index in [1.807, 2.05) is 11.3 Å². The van der Waals surface area contributed by atoms with Gasteiger partial charge in [0.25, 0.3) is 0 Å². The molecule has 1 saturated carbocycles. The van der Waals surface area contributed by atoms with E-state index in [1.54, 1.807) is 12.4 Å². The molecule has 1 aliphatic carbocycles. The van der Waals surface area contributed by atoms with Crippen molar-refractivity contribution in [2.45, 2.75) is 51.1 Å². The lowest BCUT2D eigenvalue weighted by atomic mass is 9.84. The van der Waals surface area contributed by atoms with E-state index in [1.165, 1.54) is 54.4 Å². The van der Waals surface area contributed by atoms with Gasteiger partial charge in [0.2, 0.25) is 5.95 Å². The molecule has 0 radical (unpaired) electrons. The Balaban J connectivity index is 1.07. The monoisotopic (exact) mass is 460 g/mol. The van der Waals surface area contributed by atoms with Crippen LogP contribution in [0.5, 0.6) is 0 Å². The third kappa shape index (κ3) is 5.13. The first-order chi connectivity index (χ1) is 16.2. The van der Waals surface area contributed by atoms with Gasteiger partial charge >= 0.3 is 0 Å². The van der Waals surface area contributed by atoms with Gasteiger partial charge in [-0.3, -0.25) is 4.90 Å². The number of hydrogen-bond donors (Lipinski definition) is 1. The van der Waals surface area contributed by atoms with Crippen molar-refractivity contribution in [3.63, 3.8) is 0 Å². The number of rotatable bonds is 6. The Hall–Kier alpha value is -2.69. The van der Waals surface area contributed by atoms with Crippen LogP contribution >= 0.6 is 11.3 Å². The van der Waals surface area contributed by atoms with Crippen LogP contribution in [0.4, 0.5) is 11.6 Å². The van der Waals surface area contributed by atoms with Crippen molar-refractivity contribution in [2.24, 2.45) is 5.92 Å². The lowest BCUT2D eigenvalue weighted by molar-refractivity contribution is 0.167. The van der Waals surface area contributed by atoms with E-state index in [9.17, 15) is 0 Å². The molecular weight excluding hydrogens is 428 g/mol. The second-order valence-corrected chi connectivity index (χ2v) is 10.4. The fourth-order valence-electron chi connectivity index (χ4n) is 5.39. The first-order valence-corrected chi connectivity index (χ1v) is 13.0. The van der Waals surface area contributed by atoms with Crippen molar-refractivity contribution in [3.05, 3.63) is 47.6 Å². The Bertz CT molecular complexity index is 1100. The summed E-state index contributed by atoms with van der Waals surface area (Å²) in [5.74, 6) is 1.46. The van der Waals surface area contributed by atoms with Crippen LogP contribution in [-0.2, 0) is 0 Å². The third-order valence-corrected chi connectivity index (χ3v) is 8.25. The number of benzene rings is 1. The molecule has 2 aliphatic rings. The molecule has 1 aromatic carbocycles. The quantitative estimate of drug-likeness (QED) is 0.550. The van der Waals surface area contributed by atoms with Gasteiger partial charge in [0.15, 0.2) is 0 Å². The molecule has 0 unspecified atom stereocenters. The summed E-state index contributed by atoms with van der Waals surface area (Å²) in [6.45, 7) is 6.96. The second-order valence-electron chi connectivity index (χ2n) is 9.50. The minimum atomic E-state index is 0.441. The number of anilines is 2. The Morgan fingerprint density at radius 1 is 1.12 bits per heavy atom. The van der Waals surface area contributed by atoms with E-state index in [4.69, 9.17) is 5.26 Å². The molecule has 7 heteroatoms. The fourth-order valence-corrected chi connectivity index (χ4v) is 6.19. The van der Waals surface area contributed by atoms with E-state index in [0.29, 0.717) is 23.6 Å². The molecule has 0 amide bonds. The zero-order chi connectivity index (χ0) is 22.6. The number of fused-ring (bicyclic) bond motifs is 1. The van der Waals surface area contributed by atoms with Crippen molar-refractivity contribution >= 4 is 33.1 Å². The largest absolute Gasteiger partial charge is 0.368 e. The SMILES string of the molecule is C[C@@H]1CN(c2cccc3sccc23)CCN1CC[C@H]1CC[C@H](Nc2ncc(C#N)cn2)CC1. The van der Waals surface area contributed by atoms with Crippen molar-refractivity contribution < 1.29 is 0 Å². The molecule has 3 aromatic rings. The summed E-state index contributed by atoms with van der Waals surface area (Å²) in [6.07, 6.45) is 9.34. The highest BCUT2D eigenvalue weighted by Crippen LogP contribution is 2.32. The first kappa shape index (κ1) is 22.1. The molecular formula is C26H32N6S. The molecule has 5 rings (SSSR count). The Labute approximate surface area is 200 Å². The van der Waals surface area contributed by atoms with Crippen LogP contribution in [0.1, 0.15) is 44.6 Å².